The third-order valence-corrected chi connectivity index (χ3v) is 4.58. The van der Waals surface area contributed by atoms with Crippen molar-refractivity contribution in [3.63, 3.8) is 0 Å². The van der Waals surface area contributed by atoms with Crippen molar-refractivity contribution in [2.75, 3.05) is 0 Å². The zero-order valence-electron chi connectivity index (χ0n) is 11.8. The van der Waals surface area contributed by atoms with Crippen LogP contribution in [-0.4, -0.2) is 10.9 Å². The van der Waals surface area contributed by atoms with Gasteiger partial charge in [0, 0.05) is 34.6 Å². The number of aldehydes is 1. The molecule has 1 aliphatic heterocycles. The molecule has 3 aromatic rings. The van der Waals surface area contributed by atoms with Crippen molar-refractivity contribution >= 4 is 17.2 Å². The fourth-order valence-corrected chi connectivity index (χ4v) is 3.67. The monoisotopic (exact) mass is 275 g/mol. The fraction of sp³-hybridized carbons (Fsp3) is 0.211. The van der Waals surface area contributed by atoms with E-state index in [9.17, 15) is 4.79 Å². The Bertz CT molecular complexity index is 801. The minimum absolute atomic E-state index is 0.444. The molecule has 21 heavy (non-hydrogen) atoms. The molecule has 2 heterocycles. The Morgan fingerprint density at radius 3 is 2.62 bits per heavy atom. The van der Waals surface area contributed by atoms with Crippen LogP contribution in [-0.2, 0) is 13.0 Å². The van der Waals surface area contributed by atoms with Crippen LogP contribution in [0.5, 0.6) is 0 Å². The summed E-state index contributed by atoms with van der Waals surface area (Å²) in [6.45, 7) is 1.02. The molecule has 2 aromatic carbocycles. The first-order valence-electron chi connectivity index (χ1n) is 7.48. The van der Waals surface area contributed by atoms with Crippen molar-refractivity contribution in [1.29, 1.82) is 0 Å². The van der Waals surface area contributed by atoms with Crippen LogP contribution >= 0.6 is 0 Å². The van der Waals surface area contributed by atoms with Crippen LogP contribution in [0.25, 0.3) is 10.9 Å². The highest BCUT2D eigenvalue weighted by atomic mass is 16.1. The molecule has 104 valence electrons. The normalized spacial score (nSPS) is 17.0. The zero-order chi connectivity index (χ0) is 14.2. The summed E-state index contributed by atoms with van der Waals surface area (Å²) in [7, 11) is 0. The number of carbonyl (C=O) groups is 1. The highest BCUT2D eigenvalue weighted by Crippen LogP contribution is 2.39. The number of rotatable bonds is 3. The van der Waals surface area contributed by atoms with Crippen molar-refractivity contribution in [1.82, 2.24) is 4.57 Å². The van der Waals surface area contributed by atoms with Gasteiger partial charge in [0.1, 0.15) is 0 Å². The number of benzene rings is 2. The van der Waals surface area contributed by atoms with Crippen LogP contribution in [0.15, 0.2) is 54.6 Å². The quantitative estimate of drug-likeness (QED) is 0.657. The lowest BCUT2D eigenvalue weighted by Crippen LogP contribution is -2.01. The highest BCUT2D eigenvalue weighted by Gasteiger charge is 2.29. The van der Waals surface area contributed by atoms with Crippen LogP contribution in [0.4, 0.5) is 0 Å². The maximum Gasteiger partial charge on any atom is 0.152 e. The SMILES string of the molecule is O=Cc1c2n(c3ccccc13)CCC2Cc1ccccc1. The number of aryl methyl sites for hydroxylation is 1. The summed E-state index contributed by atoms with van der Waals surface area (Å²) in [6, 6.07) is 18.8. The number of hydrogen-bond donors (Lipinski definition) is 0. The molecule has 0 N–H and O–H groups in total. The molecule has 0 fully saturated rings. The van der Waals surface area contributed by atoms with Crippen molar-refractivity contribution in [3.8, 4) is 0 Å². The molecular weight excluding hydrogens is 258 g/mol. The Hall–Kier alpha value is -2.35. The van der Waals surface area contributed by atoms with E-state index in [1.54, 1.807) is 0 Å². The molecule has 4 rings (SSSR count). The Morgan fingerprint density at radius 2 is 1.81 bits per heavy atom. The largest absolute Gasteiger partial charge is 0.344 e. The summed E-state index contributed by atoms with van der Waals surface area (Å²) in [5, 5.41) is 1.10. The smallest absolute Gasteiger partial charge is 0.152 e. The third-order valence-electron chi connectivity index (χ3n) is 4.58. The van der Waals surface area contributed by atoms with Crippen LogP contribution in [0.1, 0.15) is 34.0 Å². The zero-order valence-corrected chi connectivity index (χ0v) is 11.8. The molecule has 0 saturated carbocycles. The topological polar surface area (TPSA) is 22.0 Å². The molecule has 1 aromatic heterocycles. The van der Waals surface area contributed by atoms with Gasteiger partial charge in [0.25, 0.3) is 0 Å². The molecular formula is C19H17NO. The molecule has 0 radical (unpaired) electrons. The van der Waals surface area contributed by atoms with Gasteiger partial charge in [-0.15, -0.1) is 0 Å². The number of fused-ring (bicyclic) bond motifs is 3. The predicted octanol–water partition coefficient (Wildman–Crippen LogP) is 4.18. The Labute approximate surface area is 124 Å². The van der Waals surface area contributed by atoms with E-state index >= 15 is 0 Å². The average molecular weight is 275 g/mol. The first-order valence-corrected chi connectivity index (χ1v) is 7.48. The molecule has 2 heteroatoms. The minimum atomic E-state index is 0.444. The van der Waals surface area contributed by atoms with Gasteiger partial charge < -0.3 is 4.57 Å². The van der Waals surface area contributed by atoms with Gasteiger partial charge in [0.15, 0.2) is 6.29 Å². The summed E-state index contributed by atoms with van der Waals surface area (Å²) in [5.74, 6) is 0.444. The number of carbonyl (C=O) groups excluding carboxylic acids is 1. The van der Waals surface area contributed by atoms with E-state index in [0.29, 0.717) is 5.92 Å². The molecule has 0 aliphatic carbocycles. The van der Waals surface area contributed by atoms with Gasteiger partial charge in [-0.25, -0.2) is 0 Å². The maximum absolute atomic E-state index is 11.6. The second kappa shape index (κ2) is 4.88. The Kier molecular flexibility index (Phi) is 2.88. The maximum atomic E-state index is 11.6. The molecule has 1 unspecified atom stereocenters. The minimum Gasteiger partial charge on any atom is -0.344 e. The van der Waals surface area contributed by atoms with E-state index in [-0.39, 0.29) is 0 Å². The van der Waals surface area contributed by atoms with Gasteiger partial charge in [-0.3, -0.25) is 4.79 Å². The van der Waals surface area contributed by atoms with Gasteiger partial charge in [-0.1, -0.05) is 48.5 Å². The second-order valence-electron chi connectivity index (χ2n) is 5.76. The number of nitrogens with zero attached hydrogens (tertiary/aromatic N) is 1. The summed E-state index contributed by atoms with van der Waals surface area (Å²) < 4.78 is 2.34. The van der Waals surface area contributed by atoms with E-state index in [1.165, 1.54) is 16.8 Å². The van der Waals surface area contributed by atoms with E-state index in [2.05, 4.69) is 47.0 Å². The predicted molar refractivity (Wildman–Crippen MR) is 84.8 cm³/mol. The van der Waals surface area contributed by atoms with E-state index in [0.717, 1.165) is 36.6 Å². The summed E-state index contributed by atoms with van der Waals surface area (Å²) in [6.07, 6.45) is 3.17. The van der Waals surface area contributed by atoms with Crippen LogP contribution in [0.3, 0.4) is 0 Å². The first kappa shape index (κ1) is 12.4. The lowest BCUT2D eigenvalue weighted by atomic mass is 9.93. The molecule has 1 aliphatic rings. The van der Waals surface area contributed by atoms with Crippen LogP contribution < -0.4 is 0 Å². The van der Waals surface area contributed by atoms with Gasteiger partial charge in [0.05, 0.1) is 0 Å². The van der Waals surface area contributed by atoms with Gasteiger partial charge in [0.2, 0.25) is 0 Å². The molecule has 0 spiro atoms. The fourth-order valence-electron chi connectivity index (χ4n) is 3.67. The molecule has 0 amide bonds. The summed E-state index contributed by atoms with van der Waals surface area (Å²) in [4.78, 5) is 11.6. The van der Waals surface area contributed by atoms with E-state index in [1.807, 2.05) is 12.1 Å². The standard InChI is InChI=1S/C19H17NO/c21-13-17-16-8-4-5-9-18(16)20-11-10-15(19(17)20)12-14-6-2-1-3-7-14/h1-9,13,15H,10-12H2. The number of para-hydroxylation sites is 1. The molecule has 0 bridgehead atoms. The lowest BCUT2D eigenvalue weighted by molar-refractivity contribution is 0.112. The van der Waals surface area contributed by atoms with Crippen molar-refractivity contribution in [2.45, 2.75) is 25.3 Å². The molecule has 2 nitrogen and oxygen atoms in total. The van der Waals surface area contributed by atoms with Gasteiger partial charge in [-0.05, 0) is 24.5 Å². The lowest BCUT2D eigenvalue weighted by Gasteiger charge is -2.10. The first-order chi connectivity index (χ1) is 10.4. The Morgan fingerprint density at radius 1 is 1.05 bits per heavy atom. The average Bonchev–Trinajstić information content (AvgIpc) is 3.07. The molecule has 0 saturated heterocycles. The molecule has 1 atom stereocenters. The van der Waals surface area contributed by atoms with E-state index < -0.39 is 0 Å². The van der Waals surface area contributed by atoms with Crippen molar-refractivity contribution in [3.05, 3.63) is 71.4 Å². The summed E-state index contributed by atoms with van der Waals surface area (Å²) in [5.41, 5.74) is 4.67. The van der Waals surface area contributed by atoms with Crippen molar-refractivity contribution in [2.24, 2.45) is 0 Å². The summed E-state index contributed by atoms with van der Waals surface area (Å²) >= 11 is 0. The number of hydrogen-bond acceptors (Lipinski definition) is 1. The van der Waals surface area contributed by atoms with Crippen LogP contribution in [0.2, 0.25) is 0 Å². The van der Waals surface area contributed by atoms with E-state index in [4.69, 9.17) is 0 Å². The second-order valence-corrected chi connectivity index (χ2v) is 5.76. The third kappa shape index (κ3) is 1.90. The van der Waals surface area contributed by atoms with Gasteiger partial charge in [-0.2, -0.15) is 0 Å². The number of aromatic nitrogens is 1. The van der Waals surface area contributed by atoms with Gasteiger partial charge >= 0.3 is 0 Å². The Balaban J connectivity index is 1.82. The highest BCUT2D eigenvalue weighted by molar-refractivity contribution is 6.00. The van der Waals surface area contributed by atoms with Crippen LogP contribution in [0, 0.1) is 0 Å². The van der Waals surface area contributed by atoms with Crippen molar-refractivity contribution < 1.29 is 4.79 Å².